The van der Waals surface area contributed by atoms with Crippen LogP contribution >= 0.6 is 11.6 Å². The van der Waals surface area contributed by atoms with Crippen molar-refractivity contribution in [3.8, 4) is 0 Å². The van der Waals surface area contributed by atoms with E-state index < -0.39 is 8.32 Å². The average molecular weight is 536 g/mol. The zero-order chi connectivity index (χ0) is 26.0. The minimum absolute atomic E-state index is 0.189. The van der Waals surface area contributed by atoms with Crippen LogP contribution < -0.4 is 10.4 Å². The highest BCUT2D eigenvalue weighted by atomic mass is 35.5. The van der Waals surface area contributed by atoms with Gasteiger partial charge in [0.05, 0.1) is 30.2 Å². The summed E-state index contributed by atoms with van der Waals surface area (Å²) in [5.74, 6) is 0. The third kappa shape index (κ3) is 4.96. The number of likely N-dealkylation sites (tertiary alicyclic amines) is 1. The molecule has 37 heavy (non-hydrogen) atoms. The van der Waals surface area contributed by atoms with E-state index in [0.29, 0.717) is 13.2 Å². The highest BCUT2D eigenvalue weighted by Crippen LogP contribution is 2.41. The molecule has 0 N–H and O–H groups in total. The molecule has 2 aliphatic heterocycles. The minimum atomic E-state index is -2.83. The predicted molar refractivity (Wildman–Crippen MR) is 149 cm³/mol. The SMILES string of the molecule is CC(C)(C)[Si](O[C@H]1CO[C@H]2[C@@H]1N(C(=O)OCc1ccccc1)C[C@H]2Cl)(c1ccccc1)c1ccccc1. The van der Waals surface area contributed by atoms with Gasteiger partial charge >= 0.3 is 6.09 Å². The summed E-state index contributed by atoms with van der Waals surface area (Å²) in [5, 5.41) is 1.87. The number of fused-ring (bicyclic) bond motifs is 1. The third-order valence-corrected chi connectivity index (χ3v) is 12.9. The fourth-order valence-electron chi connectivity index (χ4n) is 5.75. The van der Waals surface area contributed by atoms with Crippen LogP contribution in [0.4, 0.5) is 4.79 Å². The fourth-order valence-corrected chi connectivity index (χ4v) is 10.8. The number of amides is 1. The smallest absolute Gasteiger partial charge is 0.410 e. The maximum absolute atomic E-state index is 13.3. The van der Waals surface area contributed by atoms with Crippen molar-refractivity contribution >= 4 is 36.4 Å². The Balaban J connectivity index is 1.48. The molecule has 3 aromatic carbocycles. The summed E-state index contributed by atoms with van der Waals surface area (Å²) in [6.07, 6.45) is -1.01. The van der Waals surface area contributed by atoms with Crippen molar-refractivity contribution < 1.29 is 18.7 Å². The van der Waals surface area contributed by atoms with E-state index in [9.17, 15) is 4.79 Å². The van der Waals surface area contributed by atoms with Gasteiger partial charge in [0.1, 0.15) is 6.61 Å². The van der Waals surface area contributed by atoms with Crippen molar-refractivity contribution in [3.05, 3.63) is 96.6 Å². The average Bonchev–Trinajstić information content (AvgIpc) is 3.47. The highest BCUT2D eigenvalue weighted by molar-refractivity contribution is 6.99. The quantitative estimate of drug-likeness (QED) is 0.331. The Morgan fingerprint density at radius 1 is 0.946 bits per heavy atom. The molecule has 4 atom stereocenters. The van der Waals surface area contributed by atoms with Crippen LogP contribution in [0.1, 0.15) is 26.3 Å². The van der Waals surface area contributed by atoms with Crippen molar-refractivity contribution in [1.82, 2.24) is 4.90 Å². The molecule has 0 bridgehead atoms. The monoisotopic (exact) mass is 535 g/mol. The van der Waals surface area contributed by atoms with Crippen LogP contribution in [0.25, 0.3) is 0 Å². The summed E-state index contributed by atoms with van der Waals surface area (Å²) >= 11 is 6.71. The number of nitrogens with zero attached hydrogens (tertiary/aromatic N) is 1. The molecule has 0 saturated carbocycles. The summed E-state index contributed by atoms with van der Waals surface area (Å²) in [4.78, 5) is 15.0. The summed E-state index contributed by atoms with van der Waals surface area (Å²) in [7, 11) is -2.83. The molecule has 0 radical (unpaired) electrons. The van der Waals surface area contributed by atoms with Crippen molar-refractivity contribution in [3.63, 3.8) is 0 Å². The number of hydrogen-bond donors (Lipinski definition) is 0. The summed E-state index contributed by atoms with van der Waals surface area (Å²) in [6, 6.07) is 30.4. The van der Waals surface area contributed by atoms with E-state index in [1.165, 1.54) is 10.4 Å². The topological polar surface area (TPSA) is 48.0 Å². The molecule has 5 nitrogen and oxygen atoms in total. The summed E-state index contributed by atoms with van der Waals surface area (Å²) < 4.78 is 19.3. The molecule has 2 heterocycles. The summed E-state index contributed by atoms with van der Waals surface area (Å²) in [6.45, 7) is 7.70. The van der Waals surface area contributed by atoms with E-state index in [-0.39, 0.29) is 41.4 Å². The van der Waals surface area contributed by atoms with Gasteiger partial charge in [-0.05, 0) is 21.0 Å². The first-order chi connectivity index (χ1) is 17.8. The lowest BCUT2D eigenvalue weighted by molar-refractivity contribution is 0.0653. The highest BCUT2D eigenvalue weighted by Gasteiger charge is 2.58. The normalized spacial score (nSPS) is 23.6. The van der Waals surface area contributed by atoms with Crippen LogP contribution in [0.5, 0.6) is 0 Å². The molecule has 2 saturated heterocycles. The van der Waals surface area contributed by atoms with Crippen molar-refractivity contribution in [2.45, 2.75) is 56.0 Å². The Morgan fingerprint density at radius 3 is 2.03 bits per heavy atom. The van der Waals surface area contributed by atoms with Crippen LogP contribution in [-0.2, 0) is 20.5 Å². The maximum Gasteiger partial charge on any atom is 0.410 e. The zero-order valence-corrected chi connectivity index (χ0v) is 23.3. The van der Waals surface area contributed by atoms with Gasteiger partial charge in [-0.3, -0.25) is 4.90 Å². The van der Waals surface area contributed by atoms with Crippen molar-refractivity contribution in [2.24, 2.45) is 0 Å². The molecule has 5 rings (SSSR count). The fraction of sp³-hybridized carbons (Fsp3) is 0.367. The Kier molecular flexibility index (Phi) is 7.45. The third-order valence-electron chi connectivity index (χ3n) is 7.44. The molecule has 0 aliphatic carbocycles. The van der Waals surface area contributed by atoms with Crippen LogP contribution in [0, 0.1) is 0 Å². The first-order valence-electron chi connectivity index (χ1n) is 12.8. The van der Waals surface area contributed by atoms with Crippen LogP contribution in [-0.4, -0.2) is 56.1 Å². The van der Waals surface area contributed by atoms with Gasteiger partial charge in [-0.25, -0.2) is 4.79 Å². The van der Waals surface area contributed by atoms with Crippen molar-refractivity contribution in [2.75, 3.05) is 13.2 Å². The van der Waals surface area contributed by atoms with Crippen molar-refractivity contribution in [1.29, 1.82) is 0 Å². The first kappa shape index (κ1) is 26.0. The van der Waals surface area contributed by atoms with E-state index in [1.807, 2.05) is 42.5 Å². The predicted octanol–water partition coefficient (Wildman–Crippen LogP) is 4.96. The Hall–Kier alpha value is -2.64. The molecule has 0 aromatic heterocycles. The summed E-state index contributed by atoms with van der Waals surface area (Å²) in [5.41, 5.74) is 0.941. The minimum Gasteiger partial charge on any atom is -0.445 e. The van der Waals surface area contributed by atoms with Gasteiger partial charge in [0.2, 0.25) is 0 Å². The molecule has 1 amide bonds. The van der Waals surface area contributed by atoms with Gasteiger partial charge in [0, 0.05) is 6.54 Å². The molecule has 3 aromatic rings. The molecule has 2 aliphatic rings. The molecular formula is C30H34ClNO4Si. The number of halogens is 1. The second-order valence-electron chi connectivity index (χ2n) is 10.8. The van der Waals surface area contributed by atoms with E-state index in [2.05, 4.69) is 69.3 Å². The Morgan fingerprint density at radius 2 is 1.49 bits per heavy atom. The molecule has 0 unspecified atom stereocenters. The molecule has 0 spiro atoms. The Bertz CT molecular complexity index is 1150. The lowest BCUT2D eigenvalue weighted by Gasteiger charge is -2.45. The van der Waals surface area contributed by atoms with E-state index in [4.69, 9.17) is 25.5 Å². The molecule has 2 fully saturated rings. The standard InChI is InChI=1S/C30H34ClNO4Si/c1-30(2,3)37(23-15-9-5-10-16-23,24-17-11-6-12-18-24)36-26-21-34-28-25(31)19-32(27(26)28)29(33)35-20-22-13-7-4-8-14-22/h4-18,25-28H,19-21H2,1-3H3/t25-,26+,27-,28-/m1/s1. The molecular weight excluding hydrogens is 502 g/mol. The van der Waals surface area contributed by atoms with Crippen LogP contribution in [0.3, 0.4) is 0 Å². The Labute approximate surface area is 225 Å². The van der Waals surface area contributed by atoms with Gasteiger partial charge < -0.3 is 13.9 Å². The van der Waals surface area contributed by atoms with E-state index >= 15 is 0 Å². The lowest BCUT2D eigenvalue weighted by atomic mass is 10.1. The van der Waals surface area contributed by atoms with Gasteiger partial charge in [-0.15, -0.1) is 11.6 Å². The zero-order valence-electron chi connectivity index (χ0n) is 21.5. The number of benzene rings is 3. The number of rotatable bonds is 6. The van der Waals surface area contributed by atoms with Gasteiger partial charge in [-0.2, -0.15) is 0 Å². The molecule has 7 heteroatoms. The number of hydrogen-bond acceptors (Lipinski definition) is 4. The number of carbonyl (C=O) groups is 1. The van der Waals surface area contributed by atoms with Crippen LogP contribution in [0.2, 0.25) is 5.04 Å². The van der Waals surface area contributed by atoms with Crippen LogP contribution in [0.15, 0.2) is 91.0 Å². The lowest BCUT2D eigenvalue weighted by Crippen LogP contribution is -2.69. The number of carbonyl (C=O) groups excluding carboxylic acids is 1. The van der Waals surface area contributed by atoms with Gasteiger partial charge in [0.25, 0.3) is 8.32 Å². The van der Waals surface area contributed by atoms with Gasteiger partial charge in [0.15, 0.2) is 0 Å². The maximum atomic E-state index is 13.3. The largest absolute Gasteiger partial charge is 0.445 e. The second-order valence-corrected chi connectivity index (χ2v) is 15.6. The number of alkyl halides is 1. The van der Waals surface area contributed by atoms with E-state index in [0.717, 1.165) is 5.56 Å². The van der Waals surface area contributed by atoms with E-state index in [1.54, 1.807) is 4.90 Å². The molecule has 194 valence electrons. The number of ether oxygens (including phenoxy) is 2. The van der Waals surface area contributed by atoms with Gasteiger partial charge in [-0.1, -0.05) is 112 Å². The first-order valence-corrected chi connectivity index (χ1v) is 15.2. The second kappa shape index (κ2) is 10.6.